The van der Waals surface area contributed by atoms with Crippen molar-refractivity contribution in [2.75, 3.05) is 5.73 Å². The number of nitrogens with two attached hydrogens (primary N) is 2. The van der Waals surface area contributed by atoms with Crippen molar-refractivity contribution in [3.8, 4) is 17.0 Å². The summed E-state index contributed by atoms with van der Waals surface area (Å²) >= 11 is 0. The molecule has 0 radical (unpaired) electrons. The van der Waals surface area contributed by atoms with Gasteiger partial charge in [-0.2, -0.15) is 0 Å². The van der Waals surface area contributed by atoms with Crippen molar-refractivity contribution < 1.29 is 4.74 Å². The third kappa shape index (κ3) is 2.27. The van der Waals surface area contributed by atoms with Gasteiger partial charge >= 0.3 is 0 Å². The van der Waals surface area contributed by atoms with Crippen LogP contribution >= 0.6 is 0 Å². The van der Waals surface area contributed by atoms with Gasteiger partial charge in [-0.1, -0.05) is 30.3 Å². The minimum absolute atomic E-state index is 0.139. The third-order valence-electron chi connectivity index (χ3n) is 3.99. The molecule has 0 aliphatic heterocycles. The first kappa shape index (κ1) is 13.1. The van der Waals surface area contributed by atoms with Gasteiger partial charge in [0.2, 0.25) is 0 Å². The topological polar surface area (TPSA) is 74.2 Å². The van der Waals surface area contributed by atoms with Crippen LogP contribution in [0.1, 0.15) is 6.42 Å². The second kappa shape index (κ2) is 5.00. The Morgan fingerprint density at radius 1 is 0.955 bits per heavy atom. The van der Waals surface area contributed by atoms with E-state index in [1.807, 2.05) is 36.4 Å². The number of nitrogens with zero attached hydrogens (tertiary/aromatic N) is 1. The first-order chi connectivity index (χ1) is 10.7. The number of hydrogen-bond acceptors (Lipinski definition) is 4. The van der Waals surface area contributed by atoms with E-state index >= 15 is 0 Å². The Morgan fingerprint density at radius 2 is 1.73 bits per heavy atom. The second-order valence-electron chi connectivity index (χ2n) is 5.66. The molecule has 3 aromatic rings. The average molecular weight is 291 g/mol. The van der Waals surface area contributed by atoms with E-state index in [9.17, 15) is 0 Å². The molecule has 1 saturated carbocycles. The number of ether oxygens (including phenoxy) is 1. The Hall–Kier alpha value is -2.59. The smallest absolute Gasteiger partial charge is 0.127 e. The van der Waals surface area contributed by atoms with E-state index in [0.29, 0.717) is 5.82 Å². The van der Waals surface area contributed by atoms with Crippen LogP contribution in [0.5, 0.6) is 5.75 Å². The lowest BCUT2D eigenvalue weighted by atomic mass is 10.0. The highest BCUT2D eigenvalue weighted by molar-refractivity contribution is 5.99. The van der Waals surface area contributed by atoms with Crippen molar-refractivity contribution in [2.45, 2.75) is 18.6 Å². The summed E-state index contributed by atoms with van der Waals surface area (Å²) in [6, 6.07) is 18.0. The summed E-state index contributed by atoms with van der Waals surface area (Å²) in [7, 11) is 0. The van der Waals surface area contributed by atoms with Gasteiger partial charge in [0.25, 0.3) is 0 Å². The summed E-state index contributed by atoms with van der Waals surface area (Å²) in [5, 5.41) is 2.18. The predicted octanol–water partition coefficient (Wildman–Crippen LogP) is 2.96. The van der Waals surface area contributed by atoms with Gasteiger partial charge in [0.1, 0.15) is 17.7 Å². The van der Waals surface area contributed by atoms with Crippen LogP contribution in [0.15, 0.2) is 54.6 Å². The second-order valence-corrected chi connectivity index (χ2v) is 5.66. The average Bonchev–Trinajstić information content (AvgIpc) is 3.23. The molecule has 1 fully saturated rings. The highest BCUT2D eigenvalue weighted by atomic mass is 16.5. The number of benzene rings is 2. The van der Waals surface area contributed by atoms with Gasteiger partial charge in [-0.3, -0.25) is 0 Å². The number of nitrogen functional groups attached to an aromatic ring is 1. The maximum atomic E-state index is 6.00. The zero-order valence-electron chi connectivity index (χ0n) is 12.1. The van der Waals surface area contributed by atoms with E-state index in [4.69, 9.17) is 16.2 Å². The van der Waals surface area contributed by atoms with E-state index in [2.05, 4.69) is 17.1 Å². The van der Waals surface area contributed by atoms with Crippen LogP contribution in [0.2, 0.25) is 0 Å². The summed E-state index contributed by atoms with van der Waals surface area (Å²) in [6.07, 6.45) is 1.06. The zero-order chi connectivity index (χ0) is 15.1. The number of hydrogen-bond donors (Lipinski definition) is 2. The fourth-order valence-corrected chi connectivity index (χ4v) is 2.69. The van der Waals surface area contributed by atoms with Crippen molar-refractivity contribution in [1.29, 1.82) is 0 Å². The van der Waals surface area contributed by atoms with Crippen LogP contribution in [-0.2, 0) is 0 Å². The largest absolute Gasteiger partial charge is 0.488 e. The molecule has 0 spiro atoms. The highest BCUT2D eigenvalue weighted by Gasteiger charge is 2.36. The molecular weight excluding hydrogens is 274 g/mol. The molecule has 1 aliphatic rings. The lowest BCUT2D eigenvalue weighted by Gasteiger charge is -2.12. The Labute approximate surface area is 128 Å². The van der Waals surface area contributed by atoms with Crippen molar-refractivity contribution in [3.05, 3.63) is 54.6 Å². The fraction of sp³-hybridized carbons (Fsp3) is 0.167. The van der Waals surface area contributed by atoms with Crippen LogP contribution in [0.3, 0.4) is 0 Å². The molecule has 0 bridgehead atoms. The van der Waals surface area contributed by atoms with Crippen molar-refractivity contribution in [1.82, 2.24) is 4.98 Å². The quantitative estimate of drug-likeness (QED) is 0.778. The predicted molar refractivity (Wildman–Crippen MR) is 88.6 cm³/mol. The standard InChI is InChI=1S/C18H17N3O/c19-14-10-17(14)22-16-9-8-12(11-4-1-2-5-13(11)16)15-6-3-7-18(20)21-15/h1-9,14,17H,10,19H2,(H2,20,21). The molecule has 2 aromatic carbocycles. The monoisotopic (exact) mass is 291 g/mol. The molecule has 4 rings (SSSR count). The number of aromatic nitrogens is 1. The zero-order valence-corrected chi connectivity index (χ0v) is 12.1. The van der Waals surface area contributed by atoms with E-state index in [1.165, 1.54) is 0 Å². The van der Waals surface area contributed by atoms with E-state index in [0.717, 1.165) is 34.2 Å². The minimum atomic E-state index is 0.139. The molecule has 1 aromatic heterocycles. The molecule has 0 amide bonds. The summed E-state index contributed by atoms with van der Waals surface area (Å²) < 4.78 is 6.00. The van der Waals surface area contributed by atoms with Gasteiger partial charge in [0, 0.05) is 23.4 Å². The number of fused-ring (bicyclic) bond motifs is 1. The Bertz CT molecular complexity index is 847. The van der Waals surface area contributed by atoms with Gasteiger partial charge in [-0.25, -0.2) is 4.98 Å². The van der Waals surface area contributed by atoms with Crippen molar-refractivity contribution in [3.63, 3.8) is 0 Å². The number of rotatable bonds is 3. The summed E-state index contributed by atoms with van der Waals surface area (Å²) in [6.45, 7) is 0. The molecule has 1 aliphatic carbocycles. The number of anilines is 1. The molecule has 2 unspecified atom stereocenters. The Kier molecular flexibility index (Phi) is 2.98. The molecule has 1 heterocycles. The number of pyridine rings is 1. The van der Waals surface area contributed by atoms with E-state index < -0.39 is 0 Å². The lowest BCUT2D eigenvalue weighted by Crippen LogP contribution is -2.10. The van der Waals surface area contributed by atoms with Crippen molar-refractivity contribution >= 4 is 16.6 Å². The SMILES string of the molecule is Nc1cccc(-c2ccc(OC3CC3N)c3ccccc23)n1. The summed E-state index contributed by atoms with van der Waals surface area (Å²) in [5.41, 5.74) is 13.6. The van der Waals surface area contributed by atoms with Crippen LogP contribution in [0.25, 0.3) is 22.0 Å². The molecule has 4 N–H and O–H groups in total. The van der Waals surface area contributed by atoms with Crippen LogP contribution in [0.4, 0.5) is 5.82 Å². The molecular formula is C18H17N3O. The van der Waals surface area contributed by atoms with Gasteiger partial charge in [-0.15, -0.1) is 0 Å². The molecule has 22 heavy (non-hydrogen) atoms. The Morgan fingerprint density at radius 3 is 2.45 bits per heavy atom. The van der Waals surface area contributed by atoms with Gasteiger partial charge < -0.3 is 16.2 Å². The third-order valence-corrected chi connectivity index (χ3v) is 3.99. The maximum Gasteiger partial charge on any atom is 0.127 e. The van der Waals surface area contributed by atoms with Crippen LogP contribution in [-0.4, -0.2) is 17.1 Å². The lowest BCUT2D eigenvalue weighted by molar-refractivity contribution is 0.300. The maximum absolute atomic E-state index is 6.00. The molecule has 110 valence electrons. The normalized spacial score (nSPS) is 20.0. The van der Waals surface area contributed by atoms with Crippen LogP contribution in [0, 0.1) is 0 Å². The van der Waals surface area contributed by atoms with Gasteiger partial charge in [-0.05, 0) is 29.7 Å². The fourth-order valence-electron chi connectivity index (χ4n) is 2.69. The molecule has 4 heteroatoms. The Balaban J connectivity index is 1.85. The molecule has 2 atom stereocenters. The van der Waals surface area contributed by atoms with Crippen molar-refractivity contribution in [2.24, 2.45) is 5.73 Å². The van der Waals surface area contributed by atoms with Gasteiger partial charge in [0.05, 0.1) is 5.69 Å². The van der Waals surface area contributed by atoms with E-state index in [1.54, 1.807) is 6.07 Å². The van der Waals surface area contributed by atoms with Crippen LogP contribution < -0.4 is 16.2 Å². The first-order valence-electron chi connectivity index (χ1n) is 7.39. The van der Waals surface area contributed by atoms with Gasteiger partial charge in [0.15, 0.2) is 0 Å². The minimum Gasteiger partial charge on any atom is -0.488 e. The molecule has 4 nitrogen and oxygen atoms in total. The first-order valence-corrected chi connectivity index (χ1v) is 7.39. The highest BCUT2D eigenvalue weighted by Crippen LogP contribution is 2.36. The summed E-state index contributed by atoms with van der Waals surface area (Å²) in [5.74, 6) is 1.40. The molecule has 0 saturated heterocycles. The summed E-state index contributed by atoms with van der Waals surface area (Å²) in [4.78, 5) is 4.43. The van der Waals surface area contributed by atoms with E-state index in [-0.39, 0.29) is 12.1 Å².